The van der Waals surface area contributed by atoms with E-state index in [0.717, 1.165) is 12.0 Å². The summed E-state index contributed by atoms with van der Waals surface area (Å²) >= 11 is 0. The fraction of sp³-hybridized carbons (Fsp3) is 0.263. The largest absolute Gasteiger partial charge is 0.484 e. The number of aliphatic imine (C=N–C) groups is 1. The molecule has 0 atom stereocenters. The van der Waals surface area contributed by atoms with Gasteiger partial charge < -0.3 is 21.1 Å². The van der Waals surface area contributed by atoms with Crippen molar-refractivity contribution in [2.24, 2.45) is 10.7 Å². The Labute approximate surface area is 152 Å². The van der Waals surface area contributed by atoms with Gasteiger partial charge in [-0.2, -0.15) is 0 Å². The minimum absolute atomic E-state index is 0.134. The normalized spacial score (nSPS) is 11.1. The highest BCUT2D eigenvalue weighted by molar-refractivity contribution is 5.79. The first-order chi connectivity index (χ1) is 12.6. The van der Waals surface area contributed by atoms with Crippen LogP contribution >= 0.6 is 0 Å². The summed E-state index contributed by atoms with van der Waals surface area (Å²) in [7, 11) is 1.67. The van der Waals surface area contributed by atoms with Crippen molar-refractivity contribution >= 4 is 11.9 Å². The van der Waals surface area contributed by atoms with Gasteiger partial charge in [0.05, 0.1) is 0 Å². The van der Waals surface area contributed by atoms with Crippen molar-refractivity contribution in [2.75, 3.05) is 20.2 Å². The highest BCUT2D eigenvalue weighted by Crippen LogP contribution is 2.12. The van der Waals surface area contributed by atoms with Crippen LogP contribution in [0.3, 0.4) is 0 Å². The van der Waals surface area contributed by atoms with Crippen LogP contribution in [-0.4, -0.2) is 32.1 Å². The summed E-state index contributed by atoms with van der Waals surface area (Å²) in [4.78, 5) is 14.8. The van der Waals surface area contributed by atoms with Crippen LogP contribution in [0, 0.1) is 5.82 Å². The topological polar surface area (TPSA) is 88.7 Å². The molecule has 26 heavy (non-hydrogen) atoms. The Bertz CT molecular complexity index is 747. The number of nitrogens with one attached hydrogen (secondary N) is 2. The van der Waals surface area contributed by atoms with E-state index in [1.165, 1.54) is 6.07 Å². The van der Waals surface area contributed by atoms with Gasteiger partial charge in [0.25, 0.3) is 5.91 Å². The molecule has 0 aliphatic heterocycles. The molecule has 0 bridgehead atoms. The van der Waals surface area contributed by atoms with Crippen LogP contribution in [0.4, 0.5) is 4.39 Å². The predicted molar refractivity (Wildman–Crippen MR) is 99.4 cm³/mol. The van der Waals surface area contributed by atoms with Gasteiger partial charge in [0, 0.05) is 25.7 Å². The number of ether oxygens (including phenoxy) is 1. The molecule has 138 valence electrons. The molecule has 0 radical (unpaired) electrons. The van der Waals surface area contributed by atoms with E-state index in [9.17, 15) is 9.18 Å². The van der Waals surface area contributed by atoms with E-state index in [0.29, 0.717) is 30.4 Å². The number of primary amides is 1. The molecule has 0 aliphatic carbocycles. The number of hydrogen-bond donors (Lipinski definition) is 3. The van der Waals surface area contributed by atoms with Crippen LogP contribution in [0.2, 0.25) is 0 Å². The van der Waals surface area contributed by atoms with Crippen LogP contribution in [0.1, 0.15) is 11.1 Å². The van der Waals surface area contributed by atoms with Crippen LogP contribution in [0.25, 0.3) is 0 Å². The van der Waals surface area contributed by atoms with Gasteiger partial charge in [0.15, 0.2) is 12.6 Å². The lowest BCUT2D eigenvalue weighted by Crippen LogP contribution is -2.38. The Morgan fingerprint density at radius 3 is 2.54 bits per heavy atom. The van der Waals surface area contributed by atoms with Crippen molar-refractivity contribution in [3.63, 3.8) is 0 Å². The second-order valence-corrected chi connectivity index (χ2v) is 5.59. The van der Waals surface area contributed by atoms with Crippen molar-refractivity contribution < 1.29 is 13.9 Å². The Hall–Kier alpha value is -3.09. The molecule has 0 heterocycles. The molecule has 0 aromatic heterocycles. The number of carbonyl (C=O) groups is 1. The van der Waals surface area contributed by atoms with E-state index < -0.39 is 5.91 Å². The molecule has 7 heteroatoms. The predicted octanol–water partition coefficient (Wildman–Crippen LogP) is 1.60. The maximum atomic E-state index is 13.6. The SMILES string of the molecule is CN=C(NCCc1ccc(OCC(N)=O)cc1)NCc1ccccc1F. The smallest absolute Gasteiger partial charge is 0.255 e. The number of hydrogen-bond acceptors (Lipinski definition) is 3. The van der Waals surface area contributed by atoms with Crippen LogP contribution in [0.15, 0.2) is 53.5 Å². The minimum atomic E-state index is -0.507. The molecule has 0 unspecified atom stereocenters. The summed E-state index contributed by atoms with van der Waals surface area (Å²) in [6.45, 7) is 0.890. The first kappa shape index (κ1) is 19.2. The molecule has 0 aliphatic rings. The lowest BCUT2D eigenvalue weighted by Gasteiger charge is -2.12. The van der Waals surface area contributed by atoms with Crippen molar-refractivity contribution in [1.29, 1.82) is 0 Å². The maximum Gasteiger partial charge on any atom is 0.255 e. The van der Waals surface area contributed by atoms with Crippen molar-refractivity contribution in [2.45, 2.75) is 13.0 Å². The summed E-state index contributed by atoms with van der Waals surface area (Å²) in [5.74, 6) is 0.458. The monoisotopic (exact) mass is 358 g/mol. The summed E-state index contributed by atoms with van der Waals surface area (Å²) < 4.78 is 18.8. The number of halogens is 1. The summed E-state index contributed by atoms with van der Waals surface area (Å²) in [6, 6.07) is 14.1. The number of benzene rings is 2. The third-order valence-corrected chi connectivity index (χ3v) is 3.64. The van der Waals surface area contributed by atoms with Gasteiger partial charge in [0.2, 0.25) is 0 Å². The highest BCUT2D eigenvalue weighted by atomic mass is 19.1. The van der Waals surface area contributed by atoms with Gasteiger partial charge in [-0.3, -0.25) is 9.79 Å². The summed E-state index contributed by atoms with van der Waals surface area (Å²) in [5, 5.41) is 6.27. The molecule has 2 aromatic rings. The molecule has 2 aromatic carbocycles. The molecule has 0 spiro atoms. The zero-order valence-electron chi connectivity index (χ0n) is 14.7. The van der Waals surface area contributed by atoms with Gasteiger partial charge in [-0.25, -0.2) is 4.39 Å². The van der Waals surface area contributed by atoms with E-state index in [-0.39, 0.29) is 12.4 Å². The number of rotatable bonds is 8. The van der Waals surface area contributed by atoms with Gasteiger partial charge >= 0.3 is 0 Å². The molecule has 6 nitrogen and oxygen atoms in total. The second kappa shape index (κ2) is 10.0. The Balaban J connectivity index is 1.75. The Morgan fingerprint density at radius 1 is 1.15 bits per heavy atom. The van der Waals surface area contributed by atoms with Crippen molar-refractivity contribution in [3.05, 3.63) is 65.5 Å². The molecule has 0 saturated carbocycles. The standard InChI is InChI=1S/C19H23FN4O2/c1-22-19(24-12-15-4-2-3-5-17(15)20)23-11-10-14-6-8-16(9-7-14)26-13-18(21)25/h2-9H,10-13H2,1H3,(H2,21,25)(H2,22,23,24). The number of amides is 1. The van der Waals surface area contributed by atoms with E-state index >= 15 is 0 Å². The first-order valence-electron chi connectivity index (χ1n) is 8.26. The molecule has 0 fully saturated rings. The molecule has 2 rings (SSSR count). The van der Waals surface area contributed by atoms with E-state index in [1.54, 1.807) is 37.4 Å². The number of carbonyl (C=O) groups excluding carboxylic acids is 1. The zero-order chi connectivity index (χ0) is 18.8. The molecular formula is C19H23FN4O2. The highest BCUT2D eigenvalue weighted by Gasteiger charge is 2.03. The lowest BCUT2D eigenvalue weighted by atomic mass is 10.1. The van der Waals surface area contributed by atoms with Crippen LogP contribution in [-0.2, 0) is 17.8 Å². The Morgan fingerprint density at radius 2 is 1.88 bits per heavy atom. The van der Waals surface area contributed by atoms with Gasteiger partial charge in [-0.1, -0.05) is 30.3 Å². The lowest BCUT2D eigenvalue weighted by molar-refractivity contribution is -0.119. The van der Waals surface area contributed by atoms with Gasteiger partial charge in [-0.05, 0) is 30.2 Å². The fourth-order valence-electron chi connectivity index (χ4n) is 2.27. The molecule has 4 N–H and O–H groups in total. The van der Waals surface area contributed by atoms with Crippen LogP contribution < -0.4 is 21.1 Å². The molecule has 0 saturated heterocycles. The summed E-state index contributed by atoms with van der Waals surface area (Å²) in [5.41, 5.74) is 6.73. The van der Waals surface area contributed by atoms with Crippen LogP contribution in [0.5, 0.6) is 5.75 Å². The van der Waals surface area contributed by atoms with E-state index in [2.05, 4.69) is 15.6 Å². The minimum Gasteiger partial charge on any atom is -0.484 e. The number of nitrogens with zero attached hydrogens (tertiary/aromatic N) is 1. The zero-order valence-corrected chi connectivity index (χ0v) is 14.7. The number of nitrogens with two attached hydrogens (primary N) is 1. The quantitative estimate of drug-likeness (QED) is 0.494. The fourth-order valence-corrected chi connectivity index (χ4v) is 2.27. The van der Waals surface area contributed by atoms with E-state index in [1.807, 2.05) is 12.1 Å². The first-order valence-corrected chi connectivity index (χ1v) is 8.26. The maximum absolute atomic E-state index is 13.6. The van der Waals surface area contributed by atoms with Gasteiger partial charge in [0.1, 0.15) is 11.6 Å². The van der Waals surface area contributed by atoms with Crippen molar-refractivity contribution in [3.8, 4) is 5.75 Å². The molecule has 1 amide bonds. The van der Waals surface area contributed by atoms with E-state index in [4.69, 9.17) is 10.5 Å². The van der Waals surface area contributed by atoms with Crippen molar-refractivity contribution in [1.82, 2.24) is 10.6 Å². The number of guanidine groups is 1. The Kier molecular flexibility index (Phi) is 7.42. The third kappa shape index (κ3) is 6.43. The average molecular weight is 358 g/mol. The summed E-state index contributed by atoms with van der Waals surface area (Å²) in [6.07, 6.45) is 0.774. The third-order valence-electron chi connectivity index (χ3n) is 3.64. The second-order valence-electron chi connectivity index (χ2n) is 5.59. The average Bonchev–Trinajstić information content (AvgIpc) is 2.65. The van der Waals surface area contributed by atoms with Gasteiger partial charge in [-0.15, -0.1) is 0 Å². The molecular weight excluding hydrogens is 335 g/mol.